The molecule has 2 rings (SSSR count). The molecule has 90 valence electrons. The summed E-state index contributed by atoms with van der Waals surface area (Å²) in [6, 6.07) is 0. The minimum Gasteiger partial charge on any atom is -0.365 e. The summed E-state index contributed by atoms with van der Waals surface area (Å²) in [5.41, 5.74) is 1.83. The van der Waals surface area contributed by atoms with E-state index in [0.717, 1.165) is 11.3 Å². The molecule has 0 aliphatic carbocycles. The second kappa shape index (κ2) is 4.70. The summed E-state index contributed by atoms with van der Waals surface area (Å²) in [7, 11) is 1.87. The maximum Gasteiger partial charge on any atom is 0.267 e. The molecule has 0 bridgehead atoms. The van der Waals surface area contributed by atoms with Gasteiger partial charge in [-0.3, -0.25) is 9.48 Å². The quantitative estimate of drug-likeness (QED) is 0.892. The smallest absolute Gasteiger partial charge is 0.267 e. The molecule has 7 heteroatoms. The van der Waals surface area contributed by atoms with Crippen LogP contribution in [-0.4, -0.2) is 19.7 Å². The Hall–Kier alpha value is -1.63. The van der Waals surface area contributed by atoms with E-state index in [9.17, 15) is 4.79 Å². The van der Waals surface area contributed by atoms with Gasteiger partial charge < -0.3 is 10.3 Å². The second-order valence-corrected chi connectivity index (χ2v) is 4.45. The fourth-order valence-electron chi connectivity index (χ4n) is 1.51. The van der Waals surface area contributed by atoms with Crippen molar-refractivity contribution in [3.63, 3.8) is 0 Å². The van der Waals surface area contributed by atoms with Crippen LogP contribution in [0.5, 0.6) is 0 Å². The highest BCUT2D eigenvalue weighted by atomic mass is 79.9. The molecule has 0 amide bonds. The van der Waals surface area contributed by atoms with Crippen LogP contribution in [0.1, 0.15) is 11.3 Å². The average molecular weight is 298 g/mol. The van der Waals surface area contributed by atoms with Crippen molar-refractivity contribution in [1.82, 2.24) is 19.7 Å². The van der Waals surface area contributed by atoms with Crippen LogP contribution in [0.2, 0.25) is 0 Å². The number of nitrogens with zero attached hydrogens (tertiary/aromatic N) is 3. The first-order valence-corrected chi connectivity index (χ1v) is 5.83. The first-order valence-electron chi connectivity index (χ1n) is 5.04. The first kappa shape index (κ1) is 11.8. The number of rotatable bonds is 3. The third-order valence-corrected chi connectivity index (χ3v) is 3.09. The molecule has 0 fully saturated rings. The third-order valence-electron chi connectivity index (χ3n) is 2.36. The Morgan fingerprint density at radius 2 is 2.35 bits per heavy atom. The van der Waals surface area contributed by atoms with Crippen LogP contribution in [-0.2, 0) is 13.6 Å². The van der Waals surface area contributed by atoms with Gasteiger partial charge in [0.2, 0.25) is 0 Å². The van der Waals surface area contributed by atoms with Crippen molar-refractivity contribution < 1.29 is 0 Å². The number of halogens is 1. The predicted molar refractivity (Wildman–Crippen MR) is 67.8 cm³/mol. The van der Waals surface area contributed by atoms with E-state index in [1.807, 2.05) is 20.2 Å². The Kier molecular flexibility index (Phi) is 3.28. The minimum absolute atomic E-state index is 0.203. The van der Waals surface area contributed by atoms with Crippen LogP contribution < -0.4 is 10.9 Å². The van der Waals surface area contributed by atoms with Gasteiger partial charge in [0.1, 0.15) is 10.3 Å². The largest absolute Gasteiger partial charge is 0.365 e. The van der Waals surface area contributed by atoms with Gasteiger partial charge in [0.15, 0.2) is 0 Å². The summed E-state index contributed by atoms with van der Waals surface area (Å²) in [6.07, 6.45) is 3.30. The molecule has 0 saturated heterocycles. The van der Waals surface area contributed by atoms with Crippen LogP contribution in [0.25, 0.3) is 0 Å². The SMILES string of the molecule is Cc1nn(C)cc1CNc1nc[nH]c(=O)c1Br. The first-order chi connectivity index (χ1) is 8.08. The lowest BCUT2D eigenvalue weighted by Gasteiger charge is -2.05. The number of nitrogens with one attached hydrogen (secondary N) is 2. The molecule has 6 nitrogen and oxygen atoms in total. The summed E-state index contributed by atoms with van der Waals surface area (Å²) in [6.45, 7) is 2.52. The van der Waals surface area contributed by atoms with Crippen molar-refractivity contribution in [2.24, 2.45) is 7.05 Å². The monoisotopic (exact) mass is 297 g/mol. The molecule has 0 spiro atoms. The lowest BCUT2D eigenvalue weighted by atomic mass is 10.2. The number of aryl methyl sites for hydroxylation is 2. The van der Waals surface area contributed by atoms with Gasteiger partial charge in [-0.1, -0.05) is 0 Å². The van der Waals surface area contributed by atoms with Gasteiger partial charge in [-0.2, -0.15) is 5.10 Å². The molecule has 2 aromatic rings. The van der Waals surface area contributed by atoms with Gasteiger partial charge in [-0.05, 0) is 22.9 Å². The standard InChI is InChI=1S/C10H12BrN5O/c1-6-7(4-16(2)15-6)3-12-9-8(11)10(17)14-5-13-9/h4-5H,3H2,1-2H3,(H2,12,13,14,17). The highest BCUT2D eigenvalue weighted by Crippen LogP contribution is 2.15. The molecular formula is C10H12BrN5O. The van der Waals surface area contributed by atoms with Gasteiger partial charge in [-0.15, -0.1) is 0 Å². The Morgan fingerprint density at radius 1 is 1.59 bits per heavy atom. The normalized spacial score (nSPS) is 10.5. The number of hydrogen-bond acceptors (Lipinski definition) is 4. The number of anilines is 1. The van der Waals surface area contributed by atoms with Gasteiger partial charge >= 0.3 is 0 Å². The highest BCUT2D eigenvalue weighted by Gasteiger charge is 2.07. The molecule has 0 aromatic carbocycles. The van der Waals surface area contributed by atoms with Gasteiger partial charge in [0, 0.05) is 25.4 Å². The molecule has 0 radical (unpaired) electrons. The van der Waals surface area contributed by atoms with Crippen LogP contribution in [0.4, 0.5) is 5.82 Å². The lowest BCUT2D eigenvalue weighted by molar-refractivity contribution is 0.756. The van der Waals surface area contributed by atoms with Crippen LogP contribution in [0.15, 0.2) is 21.8 Å². The van der Waals surface area contributed by atoms with Crippen molar-refractivity contribution in [1.29, 1.82) is 0 Å². The molecule has 0 aliphatic rings. The van der Waals surface area contributed by atoms with Crippen molar-refractivity contribution in [3.05, 3.63) is 38.6 Å². The Bertz CT molecular complexity index is 589. The summed E-state index contributed by atoms with van der Waals surface area (Å²) < 4.78 is 2.16. The van der Waals surface area contributed by atoms with E-state index in [1.165, 1.54) is 6.33 Å². The van der Waals surface area contributed by atoms with E-state index in [1.54, 1.807) is 4.68 Å². The van der Waals surface area contributed by atoms with E-state index in [2.05, 4.69) is 36.3 Å². The maximum atomic E-state index is 11.3. The summed E-state index contributed by atoms with van der Waals surface area (Å²) in [5, 5.41) is 7.33. The topological polar surface area (TPSA) is 75.6 Å². The van der Waals surface area contributed by atoms with E-state index >= 15 is 0 Å². The van der Waals surface area contributed by atoms with Crippen LogP contribution in [0.3, 0.4) is 0 Å². The summed E-state index contributed by atoms with van der Waals surface area (Å²) >= 11 is 3.19. The van der Waals surface area contributed by atoms with E-state index in [4.69, 9.17) is 0 Å². The number of H-pyrrole nitrogens is 1. The zero-order valence-corrected chi connectivity index (χ0v) is 11.1. The number of aromatic nitrogens is 4. The van der Waals surface area contributed by atoms with E-state index in [-0.39, 0.29) is 5.56 Å². The van der Waals surface area contributed by atoms with Crippen molar-refractivity contribution in [2.45, 2.75) is 13.5 Å². The highest BCUT2D eigenvalue weighted by molar-refractivity contribution is 9.10. The predicted octanol–water partition coefficient (Wildman–Crippen LogP) is 1.19. The number of aromatic amines is 1. The molecule has 0 unspecified atom stereocenters. The Labute approximate surface area is 106 Å². The molecule has 2 aromatic heterocycles. The molecule has 17 heavy (non-hydrogen) atoms. The van der Waals surface area contributed by atoms with Gasteiger partial charge in [0.05, 0.1) is 12.0 Å². The molecule has 0 saturated carbocycles. The van der Waals surface area contributed by atoms with Gasteiger partial charge in [0.25, 0.3) is 5.56 Å². The molecule has 0 atom stereocenters. The van der Waals surface area contributed by atoms with Crippen LogP contribution in [0, 0.1) is 6.92 Å². The van der Waals surface area contributed by atoms with Crippen molar-refractivity contribution >= 4 is 21.7 Å². The average Bonchev–Trinajstić information content (AvgIpc) is 2.60. The Balaban J connectivity index is 2.15. The molecular weight excluding hydrogens is 286 g/mol. The molecule has 0 aliphatic heterocycles. The van der Waals surface area contributed by atoms with Crippen molar-refractivity contribution in [3.8, 4) is 0 Å². The number of hydrogen-bond donors (Lipinski definition) is 2. The van der Waals surface area contributed by atoms with E-state index in [0.29, 0.717) is 16.8 Å². The summed E-state index contributed by atoms with van der Waals surface area (Å²) in [5.74, 6) is 0.525. The van der Waals surface area contributed by atoms with E-state index < -0.39 is 0 Å². The zero-order valence-electron chi connectivity index (χ0n) is 9.49. The van der Waals surface area contributed by atoms with Crippen molar-refractivity contribution in [2.75, 3.05) is 5.32 Å². The van der Waals surface area contributed by atoms with Crippen LogP contribution >= 0.6 is 15.9 Å². The minimum atomic E-state index is -0.203. The summed E-state index contributed by atoms with van der Waals surface area (Å²) in [4.78, 5) is 17.9. The Morgan fingerprint density at radius 3 is 3.00 bits per heavy atom. The zero-order chi connectivity index (χ0) is 12.4. The molecule has 2 heterocycles. The fourth-order valence-corrected chi connectivity index (χ4v) is 1.86. The third kappa shape index (κ3) is 2.55. The lowest BCUT2D eigenvalue weighted by Crippen LogP contribution is -2.12. The fraction of sp³-hybridized carbons (Fsp3) is 0.300. The molecule has 2 N–H and O–H groups in total. The maximum absolute atomic E-state index is 11.3. The second-order valence-electron chi connectivity index (χ2n) is 3.66. The van der Waals surface area contributed by atoms with Gasteiger partial charge in [-0.25, -0.2) is 4.98 Å².